The second-order valence-corrected chi connectivity index (χ2v) is 6.06. The number of hydrogen-bond donors (Lipinski definition) is 2. The Morgan fingerprint density at radius 3 is 2.62 bits per heavy atom. The summed E-state index contributed by atoms with van der Waals surface area (Å²) in [5.74, 6) is 1.59. The molecule has 0 atom stereocenters. The Hall–Kier alpha value is -2.31. The second kappa shape index (κ2) is 7.51. The van der Waals surface area contributed by atoms with Crippen LogP contribution in [0.15, 0.2) is 48.5 Å². The molecule has 0 bridgehead atoms. The minimum Gasteiger partial charge on any atom is -0.489 e. The highest BCUT2D eigenvalue weighted by atomic mass is 35.5. The maximum atomic E-state index is 6.12. The van der Waals surface area contributed by atoms with Crippen LogP contribution < -0.4 is 10.2 Å². The van der Waals surface area contributed by atoms with Gasteiger partial charge in [-0.2, -0.15) is 5.10 Å². The summed E-state index contributed by atoms with van der Waals surface area (Å²) in [5.41, 5.74) is 5.30. The summed E-state index contributed by atoms with van der Waals surface area (Å²) in [5, 5.41) is 7.51. The van der Waals surface area contributed by atoms with E-state index in [0.29, 0.717) is 22.9 Å². The lowest BCUT2D eigenvalue weighted by molar-refractivity contribution is 0.306. The number of halogens is 1. The maximum absolute atomic E-state index is 6.12. The highest BCUT2D eigenvalue weighted by Crippen LogP contribution is 2.19. The van der Waals surface area contributed by atoms with E-state index in [9.17, 15) is 0 Å². The molecule has 0 aliphatic carbocycles. The number of nitrogens with zero attached hydrogens (tertiary/aromatic N) is 2. The molecule has 24 heavy (non-hydrogen) atoms. The molecule has 1 aromatic heterocycles. The molecule has 0 aliphatic rings. The molecule has 7 heteroatoms. The first-order valence-electron chi connectivity index (χ1n) is 7.46. The highest BCUT2D eigenvalue weighted by molar-refractivity contribution is 7.71. The van der Waals surface area contributed by atoms with Gasteiger partial charge in [-0.3, -0.25) is 5.10 Å². The molecule has 3 aromatic rings. The Labute approximate surface area is 150 Å². The Morgan fingerprint density at radius 2 is 1.96 bits per heavy atom. The van der Waals surface area contributed by atoms with Crippen LogP contribution in [0.25, 0.3) is 0 Å². The van der Waals surface area contributed by atoms with Crippen LogP contribution in [0.5, 0.6) is 5.75 Å². The Kier molecular flexibility index (Phi) is 5.17. The van der Waals surface area contributed by atoms with Gasteiger partial charge in [-0.05, 0) is 42.9 Å². The molecule has 0 aliphatic heterocycles. The van der Waals surface area contributed by atoms with Crippen molar-refractivity contribution >= 4 is 23.8 Å². The molecule has 0 radical (unpaired) electrons. The second-order valence-electron chi connectivity index (χ2n) is 5.27. The number of aromatic nitrogens is 3. The molecule has 1 heterocycles. The number of ether oxygens (including phenoxy) is 1. The van der Waals surface area contributed by atoms with Crippen molar-refractivity contribution in [1.82, 2.24) is 14.9 Å². The Morgan fingerprint density at radius 1 is 1.21 bits per heavy atom. The van der Waals surface area contributed by atoms with Crippen molar-refractivity contribution in [2.45, 2.75) is 20.1 Å². The van der Waals surface area contributed by atoms with Crippen LogP contribution in [0.4, 0.5) is 0 Å². The van der Waals surface area contributed by atoms with E-state index in [2.05, 4.69) is 15.6 Å². The molecule has 0 spiro atoms. The van der Waals surface area contributed by atoms with Crippen molar-refractivity contribution in [3.05, 3.63) is 75.3 Å². The van der Waals surface area contributed by atoms with Crippen LogP contribution in [0.2, 0.25) is 5.02 Å². The van der Waals surface area contributed by atoms with Crippen molar-refractivity contribution in [2.24, 2.45) is 0 Å². The van der Waals surface area contributed by atoms with Crippen molar-refractivity contribution in [2.75, 3.05) is 5.43 Å². The van der Waals surface area contributed by atoms with E-state index in [1.807, 2.05) is 55.5 Å². The third kappa shape index (κ3) is 3.96. The number of benzene rings is 2. The summed E-state index contributed by atoms with van der Waals surface area (Å²) in [6, 6.07) is 15.6. The van der Waals surface area contributed by atoms with E-state index in [4.69, 9.17) is 28.6 Å². The summed E-state index contributed by atoms with van der Waals surface area (Å²) >= 11 is 11.3. The molecular formula is C17H17ClN4OS. The quantitative estimate of drug-likeness (QED) is 0.646. The number of aryl methyl sites for hydroxylation is 1. The fourth-order valence-corrected chi connectivity index (χ4v) is 2.64. The lowest BCUT2D eigenvalue weighted by Gasteiger charge is -2.10. The van der Waals surface area contributed by atoms with E-state index in [1.165, 1.54) is 0 Å². The van der Waals surface area contributed by atoms with Gasteiger partial charge in [0.2, 0.25) is 4.77 Å². The minimum atomic E-state index is 0.445. The Balaban J connectivity index is 1.57. The zero-order chi connectivity index (χ0) is 16.9. The van der Waals surface area contributed by atoms with Gasteiger partial charge in [0.15, 0.2) is 0 Å². The van der Waals surface area contributed by atoms with Gasteiger partial charge in [-0.15, -0.1) is 0 Å². The molecule has 2 aromatic carbocycles. The van der Waals surface area contributed by atoms with Crippen LogP contribution in [0.1, 0.15) is 17.0 Å². The summed E-state index contributed by atoms with van der Waals surface area (Å²) in [7, 11) is 0. The van der Waals surface area contributed by atoms with Crippen LogP contribution >= 0.6 is 23.8 Å². The fourth-order valence-electron chi connectivity index (χ4n) is 2.21. The average Bonchev–Trinajstić information content (AvgIpc) is 2.91. The number of nitrogens with one attached hydrogen (secondary N) is 2. The van der Waals surface area contributed by atoms with E-state index in [1.54, 1.807) is 4.68 Å². The van der Waals surface area contributed by atoms with Crippen LogP contribution in [-0.4, -0.2) is 14.9 Å². The van der Waals surface area contributed by atoms with Crippen molar-refractivity contribution in [3.8, 4) is 5.75 Å². The van der Waals surface area contributed by atoms with E-state index in [-0.39, 0.29) is 0 Å². The molecule has 0 unspecified atom stereocenters. The largest absolute Gasteiger partial charge is 0.489 e. The monoisotopic (exact) mass is 360 g/mol. The number of rotatable bonds is 6. The van der Waals surface area contributed by atoms with Gasteiger partial charge < -0.3 is 10.2 Å². The maximum Gasteiger partial charge on any atom is 0.214 e. The fraction of sp³-hybridized carbons (Fsp3) is 0.176. The summed E-state index contributed by atoms with van der Waals surface area (Å²) in [6.07, 6.45) is 0. The number of aromatic amines is 1. The molecule has 124 valence electrons. The molecule has 3 rings (SSSR count). The molecule has 0 amide bonds. The first-order valence-corrected chi connectivity index (χ1v) is 8.25. The first kappa shape index (κ1) is 16.5. The summed E-state index contributed by atoms with van der Waals surface area (Å²) < 4.78 is 8.07. The van der Waals surface area contributed by atoms with Crippen LogP contribution in [0, 0.1) is 11.7 Å². The predicted molar refractivity (Wildman–Crippen MR) is 97.4 cm³/mol. The third-order valence-corrected chi connectivity index (χ3v) is 4.20. The van der Waals surface area contributed by atoms with Gasteiger partial charge in [0, 0.05) is 10.6 Å². The molecule has 5 nitrogen and oxygen atoms in total. The number of hydrogen-bond acceptors (Lipinski definition) is 4. The van der Waals surface area contributed by atoms with Gasteiger partial charge in [0.1, 0.15) is 18.2 Å². The highest BCUT2D eigenvalue weighted by Gasteiger charge is 2.02. The van der Waals surface area contributed by atoms with Crippen molar-refractivity contribution in [3.63, 3.8) is 0 Å². The van der Waals surface area contributed by atoms with Crippen molar-refractivity contribution < 1.29 is 4.74 Å². The molecule has 0 fully saturated rings. The van der Waals surface area contributed by atoms with E-state index in [0.717, 1.165) is 22.7 Å². The zero-order valence-electron chi connectivity index (χ0n) is 13.1. The van der Waals surface area contributed by atoms with Crippen LogP contribution in [0.3, 0.4) is 0 Å². The normalized spacial score (nSPS) is 10.6. The van der Waals surface area contributed by atoms with Crippen molar-refractivity contribution in [1.29, 1.82) is 0 Å². The zero-order valence-corrected chi connectivity index (χ0v) is 14.7. The van der Waals surface area contributed by atoms with Gasteiger partial charge >= 0.3 is 0 Å². The predicted octanol–water partition coefficient (Wildman–Crippen LogP) is 4.23. The van der Waals surface area contributed by atoms with E-state index >= 15 is 0 Å². The minimum absolute atomic E-state index is 0.445. The molecule has 0 saturated carbocycles. The van der Waals surface area contributed by atoms with Gasteiger partial charge in [-0.25, -0.2) is 4.68 Å². The van der Waals surface area contributed by atoms with Gasteiger partial charge in [-0.1, -0.05) is 41.9 Å². The third-order valence-electron chi connectivity index (χ3n) is 3.56. The van der Waals surface area contributed by atoms with E-state index < -0.39 is 0 Å². The molecular weight excluding hydrogens is 344 g/mol. The summed E-state index contributed by atoms with van der Waals surface area (Å²) in [6.45, 7) is 2.96. The Bertz CT molecular complexity index is 873. The topological polar surface area (TPSA) is 54.9 Å². The number of H-pyrrole nitrogens is 1. The summed E-state index contributed by atoms with van der Waals surface area (Å²) in [4.78, 5) is 0. The molecule has 2 N–H and O–H groups in total. The standard InChI is InChI=1S/C17H17ClN4OS/c1-12-20-21-17(24)22(12)19-10-13-6-8-15(9-7-13)23-11-14-4-2-3-5-16(14)18/h2-9,19H,10-11H2,1H3,(H,21,24). The smallest absolute Gasteiger partial charge is 0.214 e. The van der Waals surface area contributed by atoms with Gasteiger partial charge in [0.25, 0.3) is 0 Å². The lowest BCUT2D eigenvalue weighted by Crippen LogP contribution is -2.15. The average molecular weight is 361 g/mol. The SMILES string of the molecule is Cc1n[nH]c(=S)n1NCc1ccc(OCc2ccccc2Cl)cc1. The lowest BCUT2D eigenvalue weighted by atomic mass is 10.2. The van der Waals surface area contributed by atoms with Crippen LogP contribution in [-0.2, 0) is 13.2 Å². The van der Waals surface area contributed by atoms with Gasteiger partial charge in [0.05, 0.1) is 6.54 Å². The molecule has 0 saturated heterocycles. The first-order chi connectivity index (χ1) is 11.6.